The molecule has 2 heterocycles. The van der Waals surface area contributed by atoms with Gasteiger partial charge >= 0.3 is 0 Å². The Balaban J connectivity index is 1.60. The molecule has 4 aromatic carbocycles. The lowest BCUT2D eigenvalue weighted by Gasteiger charge is -2.09. The van der Waals surface area contributed by atoms with Gasteiger partial charge in [-0.3, -0.25) is 0 Å². The van der Waals surface area contributed by atoms with Gasteiger partial charge in [0.05, 0.1) is 0 Å². The molecule has 0 bridgehead atoms. The Hall–Kier alpha value is -2.42. The highest BCUT2D eigenvalue weighted by Crippen LogP contribution is 2.45. The van der Waals surface area contributed by atoms with E-state index in [-0.39, 0.29) is 0 Å². The highest BCUT2D eigenvalue weighted by molar-refractivity contribution is 7.28. The first-order valence-electron chi connectivity index (χ1n) is 13.9. The Morgan fingerprint density at radius 3 is 1.06 bits per heavy atom. The summed E-state index contributed by atoms with van der Waals surface area (Å²) in [4.78, 5) is 0. The van der Waals surface area contributed by atoms with Gasteiger partial charge in [-0.1, -0.05) is 77.6 Å². The lowest BCUT2D eigenvalue weighted by molar-refractivity contribution is 0.864. The SMILES string of the molecule is CCCc1cc2sc3c(ccc4c3ccc3c5cc(CCC)c(CCC)cc5sc34)c2cc1CCC. The molecule has 0 aliphatic rings. The summed E-state index contributed by atoms with van der Waals surface area (Å²) in [5, 5.41) is 8.60. The molecule has 0 unspecified atom stereocenters. The summed E-state index contributed by atoms with van der Waals surface area (Å²) in [5.41, 5.74) is 6.22. The first-order valence-corrected chi connectivity index (χ1v) is 15.6. The second kappa shape index (κ2) is 9.80. The normalized spacial score (nSPS) is 12.2. The molecule has 0 atom stereocenters. The molecule has 0 saturated carbocycles. The average Bonchev–Trinajstić information content (AvgIpc) is 3.42. The quantitative estimate of drug-likeness (QED) is 0.192. The van der Waals surface area contributed by atoms with Gasteiger partial charge in [0.25, 0.3) is 0 Å². The second-order valence-electron chi connectivity index (χ2n) is 10.4. The molecule has 6 aromatic rings. The molecule has 184 valence electrons. The van der Waals surface area contributed by atoms with Crippen molar-refractivity contribution in [2.75, 3.05) is 0 Å². The van der Waals surface area contributed by atoms with Crippen molar-refractivity contribution in [2.45, 2.75) is 79.1 Å². The van der Waals surface area contributed by atoms with Crippen molar-refractivity contribution in [2.24, 2.45) is 0 Å². The highest BCUT2D eigenvalue weighted by Gasteiger charge is 2.16. The molecule has 0 nitrogen and oxygen atoms in total. The van der Waals surface area contributed by atoms with E-state index in [1.807, 2.05) is 22.7 Å². The van der Waals surface area contributed by atoms with Crippen molar-refractivity contribution < 1.29 is 0 Å². The monoisotopic (exact) mass is 508 g/mol. The molecule has 36 heavy (non-hydrogen) atoms. The van der Waals surface area contributed by atoms with Crippen LogP contribution in [0.25, 0.3) is 51.1 Å². The zero-order valence-electron chi connectivity index (χ0n) is 22.1. The maximum Gasteiger partial charge on any atom is 0.0434 e. The number of rotatable bonds is 8. The Bertz CT molecular complexity index is 1600. The fourth-order valence-electron chi connectivity index (χ4n) is 6.15. The number of thiophene rings is 2. The van der Waals surface area contributed by atoms with Crippen LogP contribution in [0.4, 0.5) is 0 Å². The number of hydrogen-bond acceptors (Lipinski definition) is 2. The fraction of sp³-hybridized carbons (Fsp3) is 0.353. The lowest BCUT2D eigenvalue weighted by atomic mass is 9.96. The van der Waals surface area contributed by atoms with E-state index < -0.39 is 0 Å². The van der Waals surface area contributed by atoms with Crippen LogP contribution in [0.2, 0.25) is 0 Å². The van der Waals surface area contributed by atoms with E-state index in [0.29, 0.717) is 0 Å². The summed E-state index contributed by atoms with van der Waals surface area (Å²) in [7, 11) is 0. The van der Waals surface area contributed by atoms with Crippen LogP contribution in [0.5, 0.6) is 0 Å². The highest BCUT2D eigenvalue weighted by atomic mass is 32.1. The van der Waals surface area contributed by atoms with Crippen LogP contribution in [0.15, 0.2) is 48.5 Å². The van der Waals surface area contributed by atoms with Crippen molar-refractivity contribution in [3.05, 3.63) is 70.8 Å². The number of hydrogen-bond donors (Lipinski definition) is 0. The topological polar surface area (TPSA) is 0 Å². The van der Waals surface area contributed by atoms with Crippen LogP contribution in [-0.4, -0.2) is 0 Å². The van der Waals surface area contributed by atoms with Crippen LogP contribution in [0.1, 0.15) is 75.6 Å². The smallest absolute Gasteiger partial charge is 0.0434 e. The van der Waals surface area contributed by atoms with Gasteiger partial charge in [0.1, 0.15) is 0 Å². The Morgan fingerprint density at radius 1 is 0.417 bits per heavy atom. The van der Waals surface area contributed by atoms with Gasteiger partial charge in [-0.25, -0.2) is 0 Å². The minimum absolute atomic E-state index is 1.18. The molecule has 0 spiro atoms. The standard InChI is InChI=1S/C34H36S2/c1-5-9-21-17-29-27-15-13-26-25(33(27)35-31(29)19-23(21)11-7-3)14-16-28-30-18-22(10-6-2)24(12-8-4)20-32(30)36-34(26)28/h13-20H,5-12H2,1-4H3. The fourth-order valence-corrected chi connectivity index (χ4v) is 8.70. The van der Waals surface area contributed by atoms with Crippen molar-refractivity contribution in [1.29, 1.82) is 0 Å². The van der Waals surface area contributed by atoms with Crippen molar-refractivity contribution in [3.8, 4) is 0 Å². The molecule has 2 aromatic heterocycles. The van der Waals surface area contributed by atoms with E-state index in [4.69, 9.17) is 0 Å². The summed E-state index contributed by atoms with van der Waals surface area (Å²) in [6.07, 6.45) is 9.55. The summed E-state index contributed by atoms with van der Waals surface area (Å²) < 4.78 is 5.81. The predicted molar refractivity (Wildman–Crippen MR) is 166 cm³/mol. The zero-order chi connectivity index (χ0) is 24.8. The Kier molecular flexibility index (Phi) is 6.52. The van der Waals surface area contributed by atoms with Crippen molar-refractivity contribution in [1.82, 2.24) is 0 Å². The van der Waals surface area contributed by atoms with Crippen LogP contribution in [-0.2, 0) is 25.7 Å². The molecule has 0 aliphatic carbocycles. The third-order valence-electron chi connectivity index (χ3n) is 7.79. The third-order valence-corrected chi connectivity index (χ3v) is 10.2. The van der Waals surface area contributed by atoms with Gasteiger partial charge in [0, 0.05) is 51.1 Å². The molecular weight excluding hydrogens is 473 g/mol. The number of fused-ring (bicyclic) bond motifs is 9. The van der Waals surface area contributed by atoms with E-state index in [1.165, 1.54) is 102 Å². The molecule has 6 rings (SSSR count). The summed E-state index contributed by atoms with van der Waals surface area (Å²) in [6.45, 7) is 9.19. The molecule has 0 N–H and O–H groups in total. The molecule has 0 aliphatic heterocycles. The third kappa shape index (κ3) is 3.85. The first-order chi connectivity index (χ1) is 17.7. The Morgan fingerprint density at radius 2 is 0.722 bits per heavy atom. The summed E-state index contributed by atoms with van der Waals surface area (Å²) in [6, 6.07) is 19.6. The molecule has 2 heteroatoms. The Labute approximate surface area is 222 Å². The summed E-state index contributed by atoms with van der Waals surface area (Å²) in [5.74, 6) is 0. The zero-order valence-corrected chi connectivity index (χ0v) is 23.7. The van der Waals surface area contributed by atoms with Gasteiger partial charge in [-0.15, -0.1) is 22.7 Å². The van der Waals surface area contributed by atoms with E-state index in [2.05, 4.69) is 76.2 Å². The van der Waals surface area contributed by atoms with Crippen molar-refractivity contribution >= 4 is 73.8 Å². The average molecular weight is 509 g/mol. The molecule has 0 radical (unpaired) electrons. The van der Waals surface area contributed by atoms with Gasteiger partial charge in [0.15, 0.2) is 0 Å². The largest absolute Gasteiger partial charge is 0.135 e. The second-order valence-corrected chi connectivity index (χ2v) is 12.5. The maximum atomic E-state index is 2.51. The minimum atomic E-state index is 1.18. The first kappa shape index (κ1) is 23.9. The molecule has 0 amide bonds. The predicted octanol–water partition coefficient (Wildman–Crippen LogP) is 11.4. The van der Waals surface area contributed by atoms with E-state index in [0.717, 1.165) is 0 Å². The van der Waals surface area contributed by atoms with Gasteiger partial charge in [-0.05, 0) is 72.2 Å². The van der Waals surface area contributed by atoms with E-state index in [1.54, 1.807) is 22.3 Å². The van der Waals surface area contributed by atoms with Gasteiger partial charge in [0.2, 0.25) is 0 Å². The molecular formula is C34H36S2. The van der Waals surface area contributed by atoms with Crippen molar-refractivity contribution in [3.63, 3.8) is 0 Å². The molecule has 0 fully saturated rings. The van der Waals surface area contributed by atoms with Gasteiger partial charge < -0.3 is 0 Å². The van der Waals surface area contributed by atoms with E-state index >= 15 is 0 Å². The molecule has 0 saturated heterocycles. The number of benzene rings is 4. The number of aryl methyl sites for hydroxylation is 4. The maximum absolute atomic E-state index is 2.51. The van der Waals surface area contributed by atoms with E-state index in [9.17, 15) is 0 Å². The minimum Gasteiger partial charge on any atom is -0.135 e. The van der Waals surface area contributed by atoms with Gasteiger partial charge in [-0.2, -0.15) is 0 Å². The van der Waals surface area contributed by atoms with Crippen LogP contribution >= 0.6 is 22.7 Å². The van der Waals surface area contributed by atoms with Crippen LogP contribution in [0.3, 0.4) is 0 Å². The summed E-state index contributed by atoms with van der Waals surface area (Å²) >= 11 is 3.99. The van der Waals surface area contributed by atoms with Crippen LogP contribution < -0.4 is 0 Å². The lowest BCUT2D eigenvalue weighted by Crippen LogP contribution is -1.93. The van der Waals surface area contributed by atoms with Crippen LogP contribution in [0, 0.1) is 0 Å².